The molecule has 3 aliphatic heterocycles. The second-order valence-corrected chi connectivity index (χ2v) is 12.9. The Balaban J connectivity index is 1.53. The van der Waals surface area contributed by atoms with Crippen molar-refractivity contribution in [1.82, 2.24) is 4.90 Å². The molecule has 208 valence electrons. The van der Waals surface area contributed by atoms with Crippen molar-refractivity contribution < 1.29 is 24.2 Å². The van der Waals surface area contributed by atoms with Crippen LogP contribution in [0, 0.1) is 23.7 Å². The zero-order valence-electron chi connectivity index (χ0n) is 22.8. The van der Waals surface area contributed by atoms with Gasteiger partial charge in [0.25, 0.3) is 0 Å². The fraction of sp³-hybridized carbons (Fsp3) is 0.500. The summed E-state index contributed by atoms with van der Waals surface area (Å²) in [6, 6.07) is 15.0. The number of rotatable bonds is 9. The SMILES string of the molecule is COc1ccc(NC(=O)C2N([C@@H](CO)CC(C)C)C(=O)[C@@H]3[C@H](C(=O)Nc4ccccc4)[C@@H]4CC(C)C23S4)cc1. The number of hydrogen-bond donors (Lipinski definition) is 3. The largest absolute Gasteiger partial charge is 0.497 e. The minimum Gasteiger partial charge on any atom is -0.497 e. The number of amides is 3. The fourth-order valence-corrected chi connectivity index (χ4v) is 9.31. The van der Waals surface area contributed by atoms with E-state index >= 15 is 0 Å². The minimum atomic E-state index is -0.812. The van der Waals surface area contributed by atoms with E-state index in [1.807, 2.05) is 44.2 Å². The Bertz CT molecular complexity index is 1220. The number of fused-ring (bicyclic) bond motifs is 1. The van der Waals surface area contributed by atoms with Crippen LogP contribution in [-0.4, -0.2) is 63.5 Å². The van der Waals surface area contributed by atoms with Crippen LogP contribution < -0.4 is 15.4 Å². The highest BCUT2D eigenvalue weighted by Crippen LogP contribution is 2.69. The molecule has 9 heteroatoms. The monoisotopic (exact) mass is 551 g/mol. The Morgan fingerprint density at radius 2 is 1.72 bits per heavy atom. The molecule has 3 unspecified atom stereocenters. The number of likely N-dealkylation sites (tertiary alicyclic amines) is 1. The van der Waals surface area contributed by atoms with Gasteiger partial charge in [0.05, 0.1) is 36.3 Å². The van der Waals surface area contributed by atoms with Crippen LogP contribution in [0.5, 0.6) is 5.75 Å². The first-order valence-electron chi connectivity index (χ1n) is 13.6. The fourth-order valence-electron chi connectivity index (χ4n) is 6.90. The summed E-state index contributed by atoms with van der Waals surface area (Å²) in [6.07, 6.45) is 1.30. The van der Waals surface area contributed by atoms with Crippen LogP contribution >= 0.6 is 11.8 Å². The zero-order valence-corrected chi connectivity index (χ0v) is 23.6. The molecule has 5 rings (SSSR count). The van der Waals surface area contributed by atoms with E-state index in [9.17, 15) is 19.5 Å². The molecular formula is C30H37N3O5S. The van der Waals surface area contributed by atoms with E-state index in [2.05, 4.69) is 17.6 Å². The van der Waals surface area contributed by atoms with Crippen molar-refractivity contribution in [2.75, 3.05) is 24.4 Å². The maximum Gasteiger partial charge on any atom is 0.248 e. The van der Waals surface area contributed by atoms with Gasteiger partial charge in [-0.15, -0.1) is 11.8 Å². The third-order valence-corrected chi connectivity index (χ3v) is 10.6. The summed E-state index contributed by atoms with van der Waals surface area (Å²) in [4.78, 5) is 43.8. The molecular weight excluding hydrogens is 514 g/mol. The topological polar surface area (TPSA) is 108 Å². The van der Waals surface area contributed by atoms with E-state index in [4.69, 9.17) is 4.74 Å². The Labute approximate surface area is 233 Å². The van der Waals surface area contributed by atoms with Gasteiger partial charge in [-0.3, -0.25) is 14.4 Å². The number of aliphatic hydroxyl groups excluding tert-OH is 1. The first-order chi connectivity index (χ1) is 18.7. The smallest absolute Gasteiger partial charge is 0.248 e. The second-order valence-electron chi connectivity index (χ2n) is 11.3. The molecule has 3 N–H and O–H groups in total. The van der Waals surface area contributed by atoms with Gasteiger partial charge in [-0.1, -0.05) is 39.0 Å². The number of aliphatic hydroxyl groups is 1. The molecule has 7 atom stereocenters. The number of benzene rings is 2. The number of ether oxygens (including phenoxy) is 1. The molecule has 3 saturated heterocycles. The Morgan fingerprint density at radius 3 is 2.33 bits per heavy atom. The molecule has 8 nitrogen and oxygen atoms in total. The molecule has 3 aliphatic rings. The van der Waals surface area contributed by atoms with Crippen LogP contribution in [0.4, 0.5) is 11.4 Å². The highest BCUT2D eigenvalue weighted by Gasteiger charge is 2.76. The molecule has 3 fully saturated rings. The first-order valence-corrected chi connectivity index (χ1v) is 14.5. The summed E-state index contributed by atoms with van der Waals surface area (Å²) in [5.41, 5.74) is 1.28. The minimum absolute atomic E-state index is 0.0391. The highest BCUT2D eigenvalue weighted by atomic mass is 32.2. The molecule has 0 radical (unpaired) electrons. The van der Waals surface area contributed by atoms with Gasteiger partial charge in [0, 0.05) is 16.6 Å². The van der Waals surface area contributed by atoms with Crippen molar-refractivity contribution in [3.63, 3.8) is 0 Å². The maximum atomic E-state index is 14.3. The summed E-state index contributed by atoms with van der Waals surface area (Å²) in [6.45, 7) is 5.91. The third-order valence-electron chi connectivity index (χ3n) is 8.48. The van der Waals surface area contributed by atoms with Gasteiger partial charge in [-0.2, -0.15) is 0 Å². The number of anilines is 2. The van der Waals surface area contributed by atoms with E-state index in [-0.39, 0.29) is 41.4 Å². The quantitative estimate of drug-likeness (QED) is 0.435. The van der Waals surface area contributed by atoms with Crippen molar-refractivity contribution in [3.8, 4) is 5.75 Å². The van der Waals surface area contributed by atoms with Crippen LogP contribution in [0.3, 0.4) is 0 Å². The number of para-hydroxylation sites is 1. The van der Waals surface area contributed by atoms with Crippen LogP contribution in [0.25, 0.3) is 0 Å². The zero-order chi connectivity index (χ0) is 27.9. The van der Waals surface area contributed by atoms with Gasteiger partial charge in [0.15, 0.2) is 0 Å². The summed E-state index contributed by atoms with van der Waals surface area (Å²) in [5, 5.41) is 16.4. The lowest BCUT2D eigenvalue weighted by Crippen LogP contribution is -2.57. The average Bonchev–Trinajstić information content (AvgIpc) is 3.51. The Hall–Kier alpha value is -3.04. The normalized spacial score (nSPS) is 29.8. The Morgan fingerprint density at radius 1 is 1.08 bits per heavy atom. The van der Waals surface area contributed by atoms with E-state index in [0.29, 0.717) is 23.5 Å². The third kappa shape index (κ3) is 4.69. The van der Waals surface area contributed by atoms with Gasteiger partial charge < -0.3 is 25.4 Å². The van der Waals surface area contributed by atoms with Crippen LogP contribution in [0.15, 0.2) is 54.6 Å². The molecule has 0 aromatic heterocycles. The van der Waals surface area contributed by atoms with Gasteiger partial charge in [0.1, 0.15) is 11.8 Å². The molecule has 3 amide bonds. The van der Waals surface area contributed by atoms with Crippen LogP contribution in [0.2, 0.25) is 0 Å². The number of thioether (sulfide) groups is 1. The molecule has 1 spiro atoms. The van der Waals surface area contributed by atoms with Crippen molar-refractivity contribution in [1.29, 1.82) is 0 Å². The summed E-state index contributed by atoms with van der Waals surface area (Å²) in [5.74, 6) is -0.971. The Kier molecular flexibility index (Phi) is 7.66. The standard InChI is InChI=1S/C30H37N3O5S/c1-17(2)14-21(16-34)33-26(28(36)32-20-10-12-22(38-4)13-11-20)30-18(3)15-23(39-30)24(25(30)29(33)37)27(35)31-19-8-6-5-7-9-19/h5-13,17-18,21,23-26,34H,14-16H2,1-4H3,(H,31,35)(H,32,36)/t18?,21-,23+,24-,25+,26?,30?/m1/s1. The summed E-state index contributed by atoms with van der Waals surface area (Å²) in [7, 11) is 1.58. The number of nitrogens with one attached hydrogen (secondary N) is 2. The predicted octanol–water partition coefficient (Wildman–Crippen LogP) is 4.02. The van der Waals surface area contributed by atoms with Gasteiger partial charge >= 0.3 is 0 Å². The molecule has 0 aliphatic carbocycles. The molecule has 2 aromatic rings. The first kappa shape index (κ1) is 27.5. The van der Waals surface area contributed by atoms with Gasteiger partial charge in [0.2, 0.25) is 17.7 Å². The van der Waals surface area contributed by atoms with Crippen LogP contribution in [-0.2, 0) is 14.4 Å². The highest BCUT2D eigenvalue weighted by molar-refractivity contribution is 8.02. The number of hydrogen-bond acceptors (Lipinski definition) is 6. The van der Waals surface area contributed by atoms with Gasteiger partial charge in [-0.05, 0) is 61.1 Å². The van der Waals surface area contributed by atoms with E-state index in [1.54, 1.807) is 48.0 Å². The lowest BCUT2D eigenvalue weighted by atomic mass is 9.66. The predicted molar refractivity (Wildman–Crippen MR) is 153 cm³/mol. The van der Waals surface area contributed by atoms with E-state index in [0.717, 1.165) is 6.42 Å². The summed E-state index contributed by atoms with van der Waals surface area (Å²) >= 11 is 1.63. The number of carbonyl (C=O) groups excluding carboxylic acids is 3. The molecule has 2 aromatic carbocycles. The van der Waals surface area contributed by atoms with Gasteiger partial charge in [-0.25, -0.2) is 0 Å². The number of nitrogens with zero attached hydrogens (tertiary/aromatic N) is 1. The average molecular weight is 552 g/mol. The van der Waals surface area contributed by atoms with Crippen molar-refractivity contribution >= 4 is 40.9 Å². The molecule has 39 heavy (non-hydrogen) atoms. The summed E-state index contributed by atoms with van der Waals surface area (Å²) < 4.78 is 4.48. The maximum absolute atomic E-state index is 14.3. The van der Waals surface area contributed by atoms with Crippen molar-refractivity contribution in [2.24, 2.45) is 23.7 Å². The van der Waals surface area contributed by atoms with Crippen LogP contribution in [0.1, 0.15) is 33.6 Å². The molecule has 0 saturated carbocycles. The van der Waals surface area contributed by atoms with Crippen molar-refractivity contribution in [3.05, 3.63) is 54.6 Å². The lowest BCUT2D eigenvalue weighted by molar-refractivity contribution is -0.141. The van der Waals surface area contributed by atoms with E-state index in [1.165, 1.54) is 0 Å². The van der Waals surface area contributed by atoms with Crippen molar-refractivity contribution in [2.45, 2.75) is 55.7 Å². The molecule has 2 bridgehead atoms. The molecule has 3 heterocycles. The number of methoxy groups -OCH3 is 1. The van der Waals surface area contributed by atoms with E-state index < -0.39 is 28.7 Å². The lowest BCUT2D eigenvalue weighted by Gasteiger charge is -2.40. The number of carbonyl (C=O) groups is 3. The second kappa shape index (κ2) is 10.8.